The van der Waals surface area contributed by atoms with E-state index in [0.717, 1.165) is 4.47 Å². The average molecular weight is 267 g/mol. The number of benzene rings is 1. The van der Waals surface area contributed by atoms with E-state index in [1.807, 2.05) is 0 Å². The van der Waals surface area contributed by atoms with Gasteiger partial charge in [0.15, 0.2) is 0 Å². The van der Waals surface area contributed by atoms with Gasteiger partial charge in [-0.3, -0.25) is 0 Å². The van der Waals surface area contributed by atoms with E-state index in [-0.39, 0.29) is 0 Å². The van der Waals surface area contributed by atoms with Crippen molar-refractivity contribution < 1.29 is 0 Å². The molecule has 3 heteroatoms. The first-order valence-corrected chi connectivity index (χ1v) is 5.92. The maximum absolute atomic E-state index is 5.75. The minimum Gasteiger partial charge on any atom is -0.344 e. The Balaban J connectivity index is 2.82. The highest BCUT2D eigenvalue weighted by Gasteiger charge is 2.11. The SMILES string of the molecule is CC(C)n1cc(CN)c2cccc(Br)c21. The molecule has 0 amide bonds. The Morgan fingerprint density at radius 2 is 2.13 bits per heavy atom. The standard InChI is InChI=1S/C12H15BrN2/c1-8(2)15-7-9(6-14)10-4-3-5-11(13)12(10)15/h3-5,7-8H,6,14H2,1-2H3. The molecule has 0 fully saturated rings. The first kappa shape index (κ1) is 10.7. The molecule has 0 aliphatic carbocycles. The van der Waals surface area contributed by atoms with Gasteiger partial charge in [0.25, 0.3) is 0 Å². The molecule has 0 spiro atoms. The molecule has 2 aromatic rings. The van der Waals surface area contributed by atoms with Crippen LogP contribution in [0.25, 0.3) is 10.9 Å². The first-order valence-electron chi connectivity index (χ1n) is 5.13. The summed E-state index contributed by atoms with van der Waals surface area (Å²) in [7, 11) is 0. The Morgan fingerprint density at radius 3 is 2.73 bits per heavy atom. The monoisotopic (exact) mass is 266 g/mol. The van der Waals surface area contributed by atoms with Crippen molar-refractivity contribution in [3.05, 3.63) is 34.4 Å². The van der Waals surface area contributed by atoms with Gasteiger partial charge in [-0.15, -0.1) is 0 Å². The molecule has 0 saturated carbocycles. The average Bonchev–Trinajstić information content (AvgIpc) is 2.58. The van der Waals surface area contributed by atoms with Gasteiger partial charge in [0, 0.05) is 28.6 Å². The molecule has 15 heavy (non-hydrogen) atoms. The summed E-state index contributed by atoms with van der Waals surface area (Å²) >= 11 is 3.60. The summed E-state index contributed by atoms with van der Waals surface area (Å²) in [6, 6.07) is 6.70. The molecule has 0 aliphatic rings. The van der Waals surface area contributed by atoms with Crippen LogP contribution in [0, 0.1) is 0 Å². The van der Waals surface area contributed by atoms with Crippen LogP contribution in [0.2, 0.25) is 0 Å². The highest BCUT2D eigenvalue weighted by Crippen LogP contribution is 2.30. The third-order valence-electron chi connectivity index (χ3n) is 2.66. The second kappa shape index (κ2) is 3.99. The summed E-state index contributed by atoms with van der Waals surface area (Å²) in [5.74, 6) is 0. The maximum atomic E-state index is 5.75. The Labute approximate surface area is 98.2 Å². The van der Waals surface area contributed by atoms with Gasteiger partial charge >= 0.3 is 0 Å². The normalized spacial score (nSPS) is 11.5. The highest BCUT2D eigenvalue weighted by atomic mass is 79.9. The van der Waals surface area contributed by atoms with Crippen molar-refractivity contribution in [3.63, 3.8) is 0 Å². The van der Waals surface area contributed by atoms with Gasteiger partial charge in [-0.1, -0.05) is 12.1 Å². The zero-order chi connectivity index (χ0) is 11.0. The molecule has 1 heterocycles. The zero-order valence-corrected chi connectivity index (χ0v) is 10.6. The van der Waals surface area contributed by atoms with E-state index in [4.69, 9.17) is 5.73 Å². The molecule has 1 aromatic carbocycles. The zero-order valence-electron chi connectivity index (χ0n) is 9.00. The number of halogens is 1. The van der Waals surface area contributed by atoms with Gasteiger partial charge in [-0.2, -0.15) is 0 Å². The molecule has 0 radical (unpaired) electrons. The number of nitrogens with two attached hydrogens (primary N) is 1. The van der Waals surface area contributed by atoms with Crippen molar-refractivity contribution in [2.45, 2.75) is 26.4 Å². The van der Waals surface area contributed by atoms with Crippen LogP contribution in [-0.4, -0.2) is 4.57 Å². The number of rotatable bonds is 2. The van der Waals surface area contributed by atoms with Crippen LogP contribution in [0.1, 0.15) is 25.5 Å². The summed E-state index contributed by atoms with van der Waals surface area (Å²) in [5.41, 5.74) is 8.20. The molecule has 2 nitrogen and oxygen atoms in total. The van der Waals surface area contributed by atoms with E-state index in [1.165, 1.54) is 16.5 Å². The van der Waals surface area contributed by atoms with Crippen molar-refractivity contribution >= 4 is 26.8 Å². The number of para-hydroxylation sites is 1. The second-order valence-corrected chi connectivity index (χ2v) is 4.85. The minimum atomic E-state index is 0.450. The maximum Gasteiger partial charge on any atom is 0.0630 e. The number of fused-ring (bicyclic) bond motifs is 1. The van der Waals surface area contributed by atoms with Crippen molar-refractivity contribution in [3.8, 4) is 0 Å². The van der Waals surface area contributed by atoms with Crippen LogP contribution in [0.15, 0.2) is 28.9 Å². The molecule has 0 atom stereocenters. The summed E-state index contributed by atoms with van der Waals surface area (Å²) in [6.07, 6.45) is 2.15. The van der Waals surface area contributed by atoms with Crippen molar-refractivity contribution in [1.29, 1.82) is 0 Å². The fraction of sp³-hybridized carbons (Fsp3) is 0.333. The van der Waals surface area contributed by atoms with Crippen LogP contribution in [0.3, 0.4) is 0 Å². The predicted octanol–water partition coefficient (Wildman–Crippen LogP) is 3.44. The third kappa shape index (κ3) is 1.70. The summed E-state index contributed by atoms with van der Waals surface area (Å²) in [6.45, 7) is 4.95. The number of aromatic nitrogens is 1. The topological polar surface area (TPSA) is 30.9 Å². The Hall–Kier alpha value is -0.800. The largest absolute Gasteiger partial charge is 0.344 e. The molecule has 0 unspecified atom stereocenters. The molecule has 0 aliphatic heterocycles. The summed E-state index contributed by atoms with van der Waals surface area (Å²) in [5, 5.41) is 1.25. The lowest BCUT2D eigenvalue weighted by atomic mass is 10.2. The van der Waals surface area contributed by atoms with E-state index >= 15 is 0 Å². The molecule has 2 N–H and O–H groups in total. The molecule has 80 valence electrons. The lowest BCUT2D eigenvalue weighted by Gasteiger charge is -2.09. The van der Waals surface area contributed by atoms with E-state index in [0.29, 0.717) is 12.6 Å². The van der Waals surface area contributed by atoms with Gasteiger partial charge in [-0.25, -0.2) is 0 Å². The lowest BCUT2D eigenvalue weighted by molar-refractivity contribution is 0.620. The third-order valence-corrected chi connectivity index (χ3v) is 3.30. The number of nitrogens with zero attached hydrogens (tertiary/aromatic N) is 1. The first-order chi connectivity index (χ1) is 7.15. The minimum absolute atomic E-state index is 0.450. The van der Waals surface area contributed by atoms with Crippen molar-refractivity contribution in [1.82, 2.24) is 4.57 Å². The van der Waals surface area contributed by atoms with Gasteiger partial charge in [0.1, 0.15) is 0 Å². The van der Waals surface area contributed by atoms with E-state index in [2.05, 4.69) is 58.7 Å². The van der Waals surface area contributed by atoms with Crippen LogP contribution >= 0.6 is 15.9 Å². The van der Waals surface area contributed by atoms with Gasteiger partial charge < -0.3 is 10.3 Å². The van der Waals surface area contributed by atoms with Crippen molar-refractivity contribution in [2.24, 2.45) is 5.73 Å². The molecule has 1 aromatic heterocycles. The van der Waals surface area contributed by atoms with Crippen LogP contribution in [0.5, 0.6) is 0 Å². The van der Waals surface area contributed by atoms with E-state index in [1.54, 1.807) is 0 Å². The smallest absolute Gasteiger partial charge is 0.0630 e. The van der Waals surface area contributed by atoms with Crippen LogP contribution < -0.4 is 5.73 Å². The van der Waals surface area contributed by atoms with Gasteiger partial charge in [0.05, 0.1) is 5.52 Å². The number of hydrogen-bond donors (Lipinski definition) is 1. The summed E-state index contributed by atoms with van der Waals surface area (Å²) < 4.78 is 3.40. The molecule has 0 bridgehead atoms. The fourth-order valence-corrected chi connectivity index (χ4v) is 2.48. The quantitative estimate of drug-likeness (QED) is 0.887. The van der Waals surface area contributed by atoms with Crippen LogP contribution in [-0.2, 0) is 6.54 Å². The molecule has 2 rings (SSSR count). The number of hydrogen-bond acceptors (Lipinski definition) is 1. The Morgan fingerprint density at radius 1 is 1.40 bits per heavy atom. The molecular weight excluding hydrogens is 252 g/mol. The van der Waals surface area contributed by atoms with Crippen LogP contribution in [0.4, 0.5) is 0 Å². The van der Waals surface area contributed by atoms with E-state index < -0.39 is 0 Å². The van der Waals surface area contributed by atoms with Gasteiger partial charge in [0.2, 0.25) is 0 Å². The molecular formula is C12H15BrN2. The molecule has 0 saturated heterocycles. The lowest BCUT2D eigenvalue weighted by Crippen LogP contribution is -1.99. The van der Waals surface area contributed by atoms with E-state index in [9.17, 15) is 0 Å². The Bertz CT molecular complexity index is 486. The Kier molecular flexibility index (Phi) is 2.85. The fourth-order valence-electron chi connectivity index (χ4n) is 1.91. The van der Waals surface area contributed by atoms with Gasteiger partial charge in [-0.05, 0) is 41.4 Å². The summed E-state index contributed by atoms with van der Waals surface area (Å²) in [4.78, 5) is 0. The highest BCUT2D eigenvalue weighted by molar-refractivity contribution is 9.10. The predicted molar refractivity (Wildman–Crippen MR) is 67.9 cm³/mol. The second-order valence-electron chi connectivity index (χ2n) is 4.00. The van der Waals surface area contributed by atoms with Crippen molar-refractivity contribution in [2.75, 3.05) is 0 Å².